The fraction of sp³-hybridized carbons (Fsp3) is 0.385. The highest BCUT2D eigenvalue weighted by atomic mass is 15.2. The monoisotopic (exact) mass is 400 g/mol. The lowest BCUT2D eigenvalue weighted by Crippen LogP contribution is -2.32. The molecule has 1 fully saturated rings. The molecule has 0 atom stereocenters. The minimum Gasteiger partial charge on any atom is -0.317 e. The number of nitrogens with one attached hydrogen (secondary N) is 2. The summed E-state index contributed by atoms with van der Waals surface area (Å²) in [4.78, 5) is 7.05. The number of hydrogen-bond acceptors (Lipinski definition) is 4. The van der Waals surface area contributed by atoms with Crippen molar-refractivity contribution >= 4 is 17.7 Å². The fourth-order valence-electron chi connectivity index (χ4n) is 4.57. The Labute approximate surface area is 180 Å². The van der Waals surface area contributed by atoms with Crippen LogP contribution in [0.15, 0.2) is 59.4 Å². The number of amidine groups is 1. The van der Waals surface area contributed by atoms with Gasteiger partial charge in [0.05, 0.1) is 5.70 Å². The van der Waals surface area contributed by atoms with Crippen molar-refractivity contribution < 1.29 is 0 Å². The van der Waals surface area contributed by atoms with E-state index in [1.807, 2.05) is 0 Å². The van der Waals surface area contributed by atoms with Crippen molar-refractivity contribution in [3.63, 3.8) is 0 Å². The molecule has 0 unspecified atom stereocenters. The second-order valence-corrected chi connectivity index (χ2v) is 8.46. The molecule has 4 nitrogen and oxygen atoms in total. The Morgan fingerprint density at radius 1 is 1.27 bits per heavy atom. The zero-order valence-electron chi connectivity index (χ0n) is 18.2. The molecular formula is C26H32N4. The molecule has 0 radical (unpaired) electrons. The van der Waals surface area contributed by atoms with E-state index in [0.29, 0.717) is 5.92 Å². The molecule has 0 spiro atoms. The van der Waals surface area contributed by atoms with Crippen LogP contribution in [0, 0.1) is 18.3 Å². The topological polar surface area (TPSA) is 51.5 Å². The number of rotatable bonds is 6. The smallest absolute Gasteiger partial charge is 0.137 e. The van der Waals surface area contributed by atoms with Crippen LogP contribution < -0.4 is 5.32 Å². The van der Waals surface area contributed by atoms with E-state index in [9.17, 15) is 0 Å². The summed E-state index contributed by atoms with van der Waals surface area (Å²) in [6.45, 7) is 10.8. The van der Waals surface area contributed by atoms with Crippen molar-refractivity contribution in [2.45, 2.75) is 46.0 Å². The maximum absolute atomic E-state index is 7.90. The highest BCUT2D eigenvalue weighted by Gasteiger charge is 2.24. The number of unbranched alkanes of at least 4 members (excludes halogenated alkanes) is 1. The molecule has 0 saturated carbocycles. The van der Waals surface area contributed by atoms with Crippen molar-refractivity contribution in [1.29, 1.82) is 5.41 Å². The number of aliphatic imine (C=N–C) groups is 1. The molecular weight excluding hydrogens is 368 g/mol. The number of benzene rings is 1. The van der Waals surface area contributed by atoms with E-state index >= 15 is 0 Å². The molecule has 0 aromatic heterocycles. The lowest BCUT2D eigenvalue weighted by Gasteiger charge is -2.32. The van der Waals surface area contributed by atoms with Crippen LogP contribution in [0.2, 0.25) is 0 Å². The van der Waals surface area contributed by atoms with Crippen molar-refractivity contribution in [1.82, 2.24) is 10.2 Å². The first-order valence-corrected chi connectivity index (χ1v) is 11.1. The van der Waals surface area contributed by atoms with Gasteiger partial charge in [-0.15, -0.1) is 0 Å². The van der Waals surface area contributed by atoms with E-state index < -0.39 is 0 Å². The molecule has 4 rings (SSSR count). The second-order valence-electron chi connectivity index (χ2n) is 8.46. The van der Waals surface area contributed by atoms with Gasteiger partial charge < -0.3 is 15.6 Å². The van der Waals surface area contributed by atoms with E-state index in [4.69, 9.17) is 10.4 Å². The molecule has 1 saturated heterocycles. The SMILES string of the molecule is C=C1C=C(c2cc(C)c(CCCC)c(C=N)c2)N=C2C=CC(C3CCNCC3)=CN12. The Morgan fingerprint density at radius 3 is 2.80 bits per heavy atom. The summed E-state index contributed by atoms with van der Waals surface area (Å²) in [5.41, 5.74) is 7.81. The summed E-state index contributed by atoms with van der Waals surface area (Å²) < 4.78 is 0. The van der Waals surface area contributed by atoms with Crippen molar-refractivity contribution in [2.24, 2.45) is 10.9 Å². The number of fused-ring (bicyclic) bond motifs is 1. The predicted octanol–water partition coefficient (Wildman–Crippen LogP) is 5.36. The number of piperidine rings is 1. The van der Waals surface area contributed by atoms with Gasteiger partial charge >= 0.3 is 0 Å². The van der Waals surface area contributed by atoms with Gasteiger partial charge in [-0.1, -0.05) is 26.0 Å². The average Bonchev–Trinajstić information content (AvgIpc) is 2.78. The molecule has 30 heavy (non-hydrogen) atoms. The van der Waals surface area contributed by atoms with E-state index in [0.717, 1.165) is 60.7 Å². The van der Waals surface area contributed by atoms with Crippen LogP contribution in [-0.2, 0) is 6.42 Å². The van der Waals surface area contributed by atoms with Crippen molar-refractivity contribution in [3.8, 4) is 0 Å². The Balaban J connectivity index is 1.61. The van der Waals surface area contributed by atoms with Crippen LogP contribution in [-0.4, -0.2) is 30.0 Å². The van der Waals surface area contributed by atoms with Gasteiger partial charge in [-0.05, 0) is 98.2 Å². The molecule has 156 valence electrons. The highest BCUT2D eigenvalue weighted by molar-refractivity contribution is 6.02. The number of aryl methyl sites for hydroxylation is 1. The first kappa shape index (κ1) is 20.5. The summed E-state index contributed by atoms with van der Waals surface area (Å²) in [6, 6.07) is 4.31. The first-order valence-electron chi connectivity index (χ1n) is 11.1. The van der Waals surface area contributed by atoms with Gasteiger partial charge in [0, 0.05) is 23.7 Å². The van der Waals surface area contributed by atoms with Crippen LogP contribution in [0.1, 0.15) is 54.9 Å². The molecule has 3 aliphatic heterocycles. The third-order valence-electron chi connectivity index (χ3n) is 6.35. The summed E-state index contributed by atoms with van der Waals surface area (Å²) in [5, 5.41) is 11.3. The maximum atomic E-state index is 7.90. The molecule has 0 aliphatic carbocycles. The predicted molar refractivity (Wildman–Crippen MR) is 127 cm³/mol. The molecule has 3 aliphatic rings. The Kier molecular flexibility index (Phi) is 6.14. The molecule has 0 bridgehead atoms. The van der Waals surface area contributed by atoms with Crippen LogP contribution in [0.5, 0.6) is 0 Å². The van der Waals surface area contributed by atoms with Crippen LogP contribution in [0.25, 0.3) is 5.70 Å². The largest absolute Gasteiger partial charge is 0.317 e. The number of allylic oxidation sites excluding steroid dienone is 3. The van der Waals surface area contributed by atoms with Gasteiger partial charge in [0.25, 0.3) is 0 Å². The minimum absolute atomic E-state index is 0.607. The summed E-state index contributed by atoms with van der Waals surface area (Å²) in [6.07, 6.45) is 15.8. The van der Waals surface area contributed by atoms with E-state index in [1.54, 1.807) is 0 Å². The standard InChI is InChI=1S/C26H32N4/c1-4-5-6-24-18(2)13-22(15-23(24)16-27)25-14-19(3)30-17-21(7-8-26(30)29-25)20-9-11-28-12-10-20/h7-8,13-17,20,27-28H,3-6,9-12H2,1-2H3. The highest BCUT2D eigenvalue weighted by Crippen LogP contribution is 2.32. The van der Waals surface area contributed by atoms with Gasteiger partial charge in [0.2, 0.25) is 0 Å². The minimum atomic E-state index is 0.607. The van der Waals surface area contributed by atoms with Gasteiger partial charge in [0.15, 0.2) is 0 Å². The summed E-state index contributed by atoms with van der Waals surface area (Å²) >= 11 is 0. The number of hydrogen-bond donors (Lipinski definition) is 2. The van der Waals surface area contributed by atoms with Gasteiger partial charge in [-0.2, -0.15) is 0 Å². The summed E-state index contributed by atoms with van der Waals surface area (Å²) in [7, 11) is 0. The Hall–Kier alpha value is -2.72. The van der Waals surface area contributed by atoms with Crippen LogP contribution in [0.4, 0.5) is 0 Å². The zero-order chi connectivity index (χ0) is 21.1. The molecule has 0 amide bonds. The normalized spacial score (nSPS) is 19.2. The lowest BCUT2D eigenvalue weighted by molar-refractivity contribution is 0.421. The molecule has 3 heterocycles. The molecule has 1 aromatic carbocycles. The Bertz CT molecular complexity index is 971. The Morgan fingerprint density at radius 2 is 2.07 bits per heavy atom. The quantitative estimate of drug-likeness (QED) is 0.632. The second kappa shape index (κ2) is 8.97. The molecule has 4 heteroatoms. The number of nitrogens with zero attached hydrogens (tertiary/aromatic N) is 2. The van der Waals surface area contributed by atoms with Crippen molar-refractivity contribution in [2.75, 3.05) is 13.1 Å². The average molecular weight is 401 g/mol. The third-order valence-corrected chi connectivity index (χ3v) is 6.35. The van der Waals surface area contributed by atoms with E-state index in [2.05, 4.69) is 67.2 Å². The lowest BCUT2D eigenvalue weighted by atomic mass is 9.89. The van der Waals surface area contributed by atoms with Crippen LogP contribution in [0.3, 0.4) is 0 Å². The van der Waals surface area contributed by atoms with Gasteiger partial charge in [-0.3, -0.25) is 0 Å². The van der Waals surface area contributed by atoms with E-state index in [-0.39, 0.29) is 0 Å². The summed E-state index contributed by atoms with van der Waals surface area (Å²) in [5.74, 6) is 1.52. The third kappa shape index (κ3) is 4.10. The molecule has 1 aromatic rings. The fourth-order valence-corrected chi connectivity index (χ4v) is 4.57. The van der Waals surface area contributed by atoms with Crippen LogP contribution >= 0.6 is 0 Å². The maximum Gasteiger partial charge on any atom is 0.137 e. The van der Waals surface area contributed by atoms with Gasteiger partial charge in [-0.25, -0.2) is 4.99 Å². The van der Waals surface area contributed by atoms with Gasteiger partial charge in [0.1, 0.15) is 5.84 Å². The molecule has 2 N–H and O–H groups in total. The van der Waals surface area contributed by atoms with E-state index in [1.165, 1.54) is 35.8 Å². The zero-order valence-corrected chi connectivity index (χ0v) is 18.2. The first-order chi connectivity index (χ1) is 14.6. The van der Waals surface area contributed by atoms with Crippen molar-refractivity contribution in [3.05, 3.63) is 76.7 Å².